The van der Waals surface area contributed by atoms with Gasteiger partial charge in [0, 0.05) is 11.1 Å². The molecule has 16 heavy (non-hydrogen) atoms. The molecule has 1 fully saturated rings. The molecule has 1 N–H and O–H groups in total. The SMILES string of the molecule is CC(C)NC(=O)C1(c2ccc(Cl)cc2)CC1. The molecule has 0 unspecified atom stereocenters. The minimum atomic E-state index is -0.283. The van der Waals surface area contributed by atoms with Crippen molar-refractivity contribution >= 4 is 17.5 Å². The van der Waals surface area contributed by atoms with Crippen LogP contribution in [0.15, 0.2) is 24.3 Å². The predicted octanol–water partition coefficient (Wildman–Crippen LogP) is 2.90. The molecule has 1 aromatic carbocycles. The highest BCUT2D eigenvalue weighted by Crippen LogP contribution is 2.48. The second kappa shape index (κ2) is 4.10. The lowest BCUT2D eigenvalue weighted by atomic mass is 9.95. The first-order valence-electron chi connectivity index (χ1n) is 5.61. The van der Waals surface area contributed by atoms with Crippen LogP contribution in [-0.4, -0.2) is 11.9 Å². The first-order chi connectivity index (χ1) is 7.54. The van der Waals surface area contributed by atoms with Crippen molar-refractivity contribution in [2.45, 2.75) is 38.1 Å². The predicted molar refractivity (Wildman–Crippen MR) is 65.6 cm³/mol. The molecule has 1 aromatic rings. The molecule has 0 radical (unpaired) electrons. The van der Waals surface area contributed by atoms with Crippen LogP contribution in [0.25, 0.3) is 0 Å². The molecule has 0 heterocycles. The molecule has 0 spiro atoms. The Morgan fingerprint density at radius 1 is 1.31 bits per heavy atom. The van der Waals surface area contributed by atoms with Gasteiger partial charge in [0.1, 0.15) is 0 Å². The Hall–Kier alpha value is -1.02. The Morgan fingerprint density at radius 3 is 2.31 bits per heavy atom. The largest absolute Gasteiger partial charge is 0.353 e. The van der Waals surface area contributed by atoms with E-state index >= 15 is 0 Å². The fourth-order valence-corrected chi connectivity index (χ4v) is 2.07. The number of halogens is 1. The van der Waals surface area contributed by atoms with Gasteiger partial charge in [0.15, 0.2) is 0 Å². The summed E-state index contributed by atoms with van der Waals surface area (Å²) in [6.45, 7) is 3.96. The standard InChI is InChI=1S/C13H16ClNO/c1-9(2)15-12(16)13(7-8-13)10-3-5-11(14)6-4-10/h3-6,9H,7-8H2,1-2H3,(H,15,16). The highest BCUT2D eigenvalue weighted by Gasteiger charge is 2.51. The van der Waals surface area contributed by atoms with E-state index in [2.05, 4.69) is 5.32 Å². The van der Waals surface area contributed by atoms with E-state index in [1.165, 1.54) is 0 Å². The highest BCUT2D eigenvalue weighted by molar-refractivity contribution is 6.30. The van der Waals surface area contributed by atoms with Crippen LogP contribution in [0.1, 0.15) is 32.3 Å². The second-order valence-electron chi connectivity index (χ2n) is 4.72. The van der Waals surface area contributed by atoms with Gasteiger partial charge in [-0.05, 0) is 44.4 Å². The monoisotopic (exact) mass is 237 g/mol. The third-order valence-electron chi connectivity index (χ3n) is 3.00. The summed E-state index contributed by atoms with van der Waals surface area (Å²) in [5.74, 6) is 0.143. The molecule has 2 rings (SSSR count). The molecule has 0 saturated heterocycles. The van der Waals surface area contributed by atoms with Gasteiger partial charge >= 0.3 is 0 Å². The third-order valence-corrected chi connectivity index (χ3v) is 3.25. The fraction of sp³-hybridized carbons (Fsp3) is 0.462. The van der Waals surface area contributed by atoms with Crippen molar-refractivity contribution < 1.29 is 4.79 Å². The van der Waals surface area contributed by atoms with Gasteiger partial charge in [0.2, 0.25) is 5.91 Å². The van der Waals surface area contributed by atoms with Gasteiger partial charge in [-0.2, -0.15) is 0 Å². The third kappa shape index (κ3) is 2.07. The molecule has 1 aliphatic carbocycles. The summed E-state index contributed by atoms with van der Waals surface area (Å²) in [5, 5.41) is 3.70. The molecule has 0 aromatic heterocycles. The van der Waals surface area contributed by atoms with E-state index in [1.54, 1.807) is 0 Å². The van der Waals surface area contributed by atoms with Crippen LogP contribution in [0.3, 0.4) is 0 Å². The Kier molecular flexibility index (Phi) is 2.94. The Labute approximate surface area is 101 Å². The summed E-state index contributed by atoms with van der Waals surface area (Å²) in [6, 6.07) is 7.79. The van der Waals surface area contributed by atoms with Crippen LogP contribution < -0.4 is 5.32 Å². The summed E-state index contributed by atoms with van der Waals surface area (Å²) in [5.41, 5.74) is 0.796. The maximum atomic E-state index is 12.1. The molecular weight excluding hydrogens is 222 g/mol. The van der Waals surface area contributed by atoms with Crippen LogP contribution >= 0.6 is 11.6 Å². The Morgan fingerprint density at radius 2 is 1.88 bits per heavy atom. The van der Waals surface area contributed by atoms with Gasteiger partial charge in [0.05, 0.1) is 5.41 Å². The van der Waals surface area contributed by atoms with E-state index in [1.807, 2.05) is 38.1 Å². The molecule has 0 bridgehead atoms. The Balaban J connectivity index is 2.19. The number of amides is 1. The average molecular weight is 238 g/mol. The van der Waals surface area contributed by atoms with Crippen molar-refractivity contribution in [3.05, 3.63) is 34.9 Å². The van der Waals surface area contributed by atoms with Crippen LogP contribution in [0, 0.1) is 0 Å². The van der Waals surface area contributed by atoms with Crippen LogP contribution in [0.4, 0.5) is 0 Å². The number of benzene rings is 1. The average Bonchev–Trinajstić information content (AvgIpc) is 2.98. The smallest absolute Gasteiger partial charge is 0.230 e. The van der Waals surface area contributed by atoms with Gasteiger partial charge in [-0.3, -0.25) is 4.79 Å². The van der Waals surface area contributed by atoms with E-state index in [0.29, 0.717) is 5.02 Å². The molecule has 2 nitrogen and oxygen atoms in total. The van der Waals surface area contributed by atoms with Crippen molar-refractivity contribution in [1.82, 2.24) is 5.32 Å². The molecule has 0 atom stereocenters. The van der Waals surface area contributed by atoms with Crippen molar-refractivity contribution in [3.8, 4) is 0 Å². The van der Waals surface area contributed by atoms with Gasteiger partial charge in [-0.15, -0.1) is 0 Å². The highest BCUT2D eigenvalue weighted by atomic mass is 35.5. The van der Waals surface area contributed by atoms with Gasteiger partial charge < -0.3 is 5.32 Å². The Bertz CT molecular complexity index is 393. The van der Waals surface area contributed by atoms with Crippen molar-refractivity contribution in [1.29, 1.82) is 0 Å². The van der Waals surface area contributed by atoms with Crippen molar-refractivity contribution in [2.75, 3.05) is 0 Å². The topological polar surface area (TPSA) is 29.1 Å². The summed E-state index contributed by atoms with van der Waals surface area (Å²) in [7, 11) is 0. The van der Waals surface area contributed by atoms with Gasteiger partial charge in [-0.25, -0.2) is 0 Å². The molecule has 1 saturated carbocycles. The molecule has 86 valence electrons. The zero-order valence-corrected chi connectivity index (χ0v) is 10.3. The number of hydrogen-bond acceptors (Lipinski definition) is 1. The second-order valence-corrected chi connectivity index (χ2v) is 5.15. The van der Waals surface area contributed by atoms with E-state index in [0.717, 1.165) is 18.4 Å². The number of nitrogens with one attached hydrogen (secondary N) is 1. The van der Waals surface area contributed by atoms with Crippen LogP contribution in [0.5, 0.6) is 0 Å². The van der Waals surface area contributed by atoms with Crippen molar-refractivity contribution in [2.24, 2.45) is 0 Å². The van der Waals surface area contributed by atoms with E-state index in [-0.39, 0.29) is 17.4 Å². The van der Waals surface area contributed by atoms with Gasteiger partial charge in [0.25, 0.3) is 0 Å². The number of carbonyl (C=O) groups excluding carboxylic acids is 1. The quantitative estimate of drug-likeness (QED) is 0.861. The minimum absolute atomic E-state index is 0.143. The fourth-order valence-electron chi connectivity index (χ4n) is 1.94. The maximum Gasteiger partial charge on any atom is 0.230 e. The van der Waals surface area contributed by atoms with Crippen LogP contribution in [0.2, 0.25) is 5.02 Å². The molecule has 0 aliphatic heterocycles. The molecular formula is C13H16ClNO. The first-order valence-corrected chi connectivity index (χ1v) is 5.99. The van der Waals surface area contributed by atoms with E-state index in [4.69, 9.17) is 11.6 Å². The first kappa shape index (κ1) is 11.5. The molecule has 1 amide bonds. The zero-order valence-electron chi connectivity index (χ0n) is 9.59. The minimum Gasteiger partial charge on any atom is -0.353 e. The number of hydrogen-bond donors (Lipinski definition) is 1. The normalized spacial score (nSPS) is 17.2. The van der Waals surface area contributed by atoms with Crippen LogP contribution in [-0.2, 0) is 10.2 Å². The summed E-state index contributed by atoms with van der Waals surface area (Å²) in [4.78, 5) is 12.1. The molecule has 3 heteroatoms. The maximum absolute atomic E-state index is 12.1. The number of carbonyl (C=O) groups is 1. The lowest BCUT2D eigenvalue weighted by Crippen LogP contribution is -2.38. The lowest BCUT2D eigenvalue weighted by Gasteiger charge is -2.17. The number of rotatable bonds is 3. The lowest BCUT2D eigenvalue weighted by molar-refractivity contribution is -0.124. The van der Waals surface area contributed by atoms with Gasteiger partial charge in [-0.1, -0.05) is 23.7 Å². The van der Waals surface area contributed by atoms with Crippen molar-refractivity contribution in [3.63, 3.8) is 0 Å². The van der Waals surface area contributed by atoms with E-state index < -0.39 is 0 Å². The summed E-state index contributed by atoms with van der Waals surface area (Å²) >= 11 is 5.85. The summed E-state index contributed by atoms with van der Waals surface area (Å²) < 4.78 is 0. The van der Waals surface area contributed by atoms with E-state index in [9.17, 15) is 4.79 Å². The summed E-state index contributed by atoms with van der Waals surface area (Å²) in [6.07, 6.45) is 1.88. The molecule has 1 aliphatic rings. The zero-order chi connectivity index (χ0) is 11.8.